The first-order valence-electron chi connectivity index (χ1n) is 8.28. The lowest BCUT2D eigenvalue weighted by atomic mass is 9.94. The molecule has 2 rings (SSSR count). The minimum absolute atomic E-state index is 0.176. The van der Waals surface area contributed by atoms with Gasteiger partial charge in [-0.25, -0.2) is 8.43 Å². The molecular formula is C14H26F3N3S3. The van der Waals surface area contributed by atoms with Gasteiger partial charge in [-0.05, 0) is 19.3 Å². The number of nitrogens with zero attached hydrogens (tertiary/aromatic N) is 2. The molecule has 1 saturated carbocycles. The Morgan fingerprint density at radius 1 is 0.957 bits per heavy atom. The van der Waals surface area contributed by atoms with E-state index in [0.29, 0.717) is 5.75 Å². The third kappa shape index (κ3) is 8.58. The van der Waals surface area contributed by atoms with E-state index in [0.717, 1.165) is 56.3 Å². The van der Waals surface area contributed by atoms with Crippen LogP contribution in [0.4, 0.5) is 13.2 Å². The molecule has 3 nitrogen and oxygen atoms in total. The molecular weight excluding hydrogens is 363 g/mol. The lowest BCUT2D eigenvalue weighted by Crippen LogP contribution is -2.48. The molecule has 0 atom stereocenters. The van der Waals surface area contributed by atoms with Crippen molar-refractivity contribution in [1.29, 1.82) is 0 Å². The number of nitrogens with one attached hydrogen (secondary N) is 1. The number of halogens is 3. The van der Waals surface area contributed by atoms with Crippen molar-refractivity contribution in [3.8, 4) is 0 Å². The van der Waals surface area contributed by atoms with E-state index in [9.17, 15) is 13.2 Å². The molecule has 1 aliphatic carbocycles. The fraction of sp³-hybridized carbons (Fsp3) is 1.00. The molecule has 1 aliphatic heterocycles. The molecule has 0 bridgehead atoms. The summed E-state index contributed by atoms with van der Waals surface area (Å²) in [6, 6.07) is 0.810. The first kappa shape index (κ1) is 20.0. The Kier molecular flexibility index (Phi) is 9.28. The molecule has 136 valence electrons. The maximum atomic E-state index is 11.9. The van der Waals surface area contributed by atoms with Gasteiger partial charge in [-0.2, -0.15) is 13.2 Å². The molecule has 1 heterocycles. The predicted octanol–water partition coefficient (Wildman–Crippen LogP) is 4.38. The van der Waals surface area contributed by atoms with Crippen molar-refractivity contribution in [3.63, 3.8) is 0 Å². The highest BCUT2D eigenvalue weighted by Crippen LogP contribution is 2.29. The van der Waals surface area contributed by atoms with Gasteiger partial charge in [0.2, 0.25) is 0 Å². The highest BCUT2D eigenvalue weighted by molar-refractivity contribution is 8.13. The average molecular weight is 390 g/mol. The number of piperazine rings is 1. The molecule has 0 spiro atoms. The van der Waals surface area contributed by atoms with Gasteiger partial charge in [-0.3, -0.25) is 4.90 Å². The van der Waals surface area contributed by atoms with Crippen LogP contribution in [0.25, 0.3) is 0 Å². The second-order valence-electron chi connectivity index (χ2n) is 5.92. The van der Waals surface area contributed by atoms with E-state index in [1.807, 2.05) is 11.9 Å². The van der Waals surface area contributed by atoms with Crippen LogP contribution < -0.4 is 4.13 Å². The maximum absolute atomic E-state index is 11.9. The van der Waals surface area contributed by atoms with E-state index in [4.69, 9.17) is 0 Å². The second kappa shape index (κ2) is 10.7. The van der Waals surface area contributed by atoms with Gasteiger partial charge in [0.25, 0.3) is 0 Å². The van der Waals surface area contributed by atoms with Crippen molar-refractivity contribution in [2.75, 3.05) is 37.7 Å². The Hall–Kier alpha value is 0.720. The van der Waals surface area contributed by atoms with Gasteiger partial charge in [0.15, 0.2) is 0 Å². The van der Waals surface area contributed by atoms with E-state index in [-0.39, 0.29) is 11.9 Å². The molecule has 2 aliphatic rings. The Labute approximate surface area is 150 Å². The van der Waals surface area contributed by atoms with Gasteiger partial charge in [0.05, 0.1) is 0 Å². The topological polar surface area (TPSA) is 18.5 Å². The molecule has 1 saturated heterocycles. The Bertz CT molecular complexity index is 320. The van der Waals surface area contributed by atoms with Crippen LogP contribution in [0.3, 0.4) is 0 Å². The average Bonchev–Trinajstić information content (AvgIpc) is 2.54. The Morgan fingerprint density at radius 3 is 2.30 bits per heavy atom. The summed E-state index contributed by atoms with van der Waals surface area (Å²) < 4.78 is 40.4. The van der Waals surface area contributed by atoms with E-state index >= 15 is 0 Å². The molecule has 0 aromatic rings. The largest absolute Gasteiger partial charge is 0.456 e. The highest BCUT2D eigenvalue weighted by Gasteiger charge is 2.28. The van der Waals surface area contributed by atoms with Gasteiger partial charge < -0.3 is 0 Å². The van der Waals surface area contributed by atoms with Crippen molar-refractivity contribution in [2.45, 2.75) is 50.1 Å². The Balaban J connectivity index is 1.45. The molecule has 0 aromatic heterocycles. The van der Waals surface area contributed by atoms with E-state index in [1.165, 1.54) is 32.1 Å². The summed E-state index contributed by atoms with van der Waals surface area (Å²) in [5.41, 5.74) is -4.19. The van der Waals surface area contributed by atoms with Gasteiger partial charge in [0.1, 0.15) is 0 Å². The highest BCUT2D eigenvalue weighted by atomic mass is 32.2. The molecule has 0 aromatic carbocycles. The lowest BCUT2D eigenvalue weighted by Gasteiger charge is -2.40. The van der Waals surface area contributed by atoms with Crippen molar-refractivity contribution in [3.05, 3.63) is 0 Å². The standard InChI is InChI=1S/C14H26F3N3S3/c15-14(16,17)23-18-21-11-4-12-22-20-9-7-19(8-10-20)13-5-2-1-3-6-13/h13,18H,1-12H2. The quantitative estimate of drug-likeness (QED) is 0.487. The third-order valence-electron chi connectivity index (χ3n) is 4.25. The number of rotatable bonds is 8. The molecule has 0 unspecified atom stereocenters. The monoisotopic (exact) mass is 389 g/mol. The molecule has 23 heavy (non-hydrogen) atoms. The number of hydrogen-bond acceptors (Lipinski definition) is 6. The zero-order valence-corrected chi connectivity index (χ0v) is 15.8. The van der Waals surface area contributed by atoms with Crippen LogP contribution in [-0.2, 0) is 0 Å². The van der Waals surface area contributed by atoms with E-state index in [2.05, 4.69) is 13.3 Å². The normalized spacial score (nSPS) is 22.6. The Morgan fingerprint density at radius 2 is 1.65 bits per heavy atom. The van der Waals surface area contributed by atoms with Crippen LogP contribution in [0, 0.1) is 0 Å². The van der Waals surface area contributed by atoms with Gasteiger partial charge >= 0.3 is 5.51 Å². The fourth-order valence-corrected chi connectivity index (χ4v) is 5.46. The fourth-order valence-electron chi connectivity index (χ4n) is 3.09. The summed E-state index contributed by atoms with van der Waals surface area (Å²) in [4.78, 5) is 2.66. The van der Waals surface area contributed by atoms with Crippen molar-refractivity contribution in [1.82, 2.24) is 13.3 Å². The van der Waals surface area contributed by atoms with Crippen LogP contribution in [0.15, 0.2) is 0 Å². The zero-order chi connectivity index (χ0) is 16.5. The van der Waals surface area contributed by atoms with E-state index in [1.54, 1.807) is 0 Å². The van der Waals surface area contributed by atoms with Crippen LogP contribution in [0.5, 0.6) is 0 Å². The van der Waals surface area contributed by atoms with E-state index < -0.39 is 5.51 Å². The minimum atomic E-state index is -4.19. The first-order chi connectivity index (χ1) is 11.0. The molecule has 0 amide bonds. The zero-order valence-electron chi connectivity index (χ0n) is 13.3. The first-order valence-corrected chi connectivity index (χ1v) is 11.0. The number of hydrogen-bond donors (Lipinski definition) is 1. The lowest BCUT2D eigenvalue weighted by molar-refractivity contribution is -0.0331. The van der Waals surface area contributed by atoms with Gasteiger partial charge in [-0.1, -0.05) is 43.2 Å². The maximum Gasteiger partial charge on any atom is 0.456 e. The summed E-state index contributed by atoms with van der Waals surface area (Å²) in [6.45, 7) is 4.54. The summed E-state index contributed by atoms with van der Waals surface area (Å²) in [5, 5.41) is 0. The minimum Gasteiger partial charge on any atom is -0.298 e. The summed E-state index contributed by atoms with van der Waals surface area (Å²) >= 11 is 2.81. The van der Waals surface area contributed by atoms with Crippen LogP contribution in [0.2, 0.25) is 0 Å². The predicted molar refractivity (Wildman–Crippen MR) is 96.3 cm³/mol. The van der Waals surface area contributed by atoms with Crippen LogP contribution in [-0.4, -0.2) is 58.4 Å². The molecule has 2 fully saturated rings. The third-order valence-corrected chi connectivity index (χ3v) is 6.98. The summed E-state index contributed by atoms with van der Waals surface area (Å²) in [6.07, 6.45) is 7.83. The number of alkyl halides is 3. The van der Waals surface area contributed by atoms with Crippen molar-refractivity contribution in [2.24, 2.45) is 0 Å². The molecule has 0 radical (unpaired) electrons. The summed E-state index contributed by atoms with van der Waals surface area (Å²) in [7, 11) is 0. The van der Waals surface area contributed by atoms with Crippen molar-refractivity contribution < 1.29 is 13.2 Å². The molecule has 9 heteroatoms. The molecule has 1 N–H and O–H groups in total. The summed E-state index contributed by atoms with van der Waals surface area (Å²) in [5.74, 6) is 1.69. The van der Waals surface area contributed by atoms with Crippen LogP contribution in [0.1, 0.15) is 38.5 Å². The van der Waals surface area contributed by atoms with Gasteiger partial charge in [0, 0.05) is 55.7 Å². The second-order valence-corrected chi connectivity index (χ2v) is 9.14. The van der Waals surface area contributed by atoms with Gasteiger partial charge in [-0.15, -0.1) is 0 Å². The van der Waals surface area contributed by atoms with Crippen molar-refractivity contribution >= 4 is 35.8 Å². The SMILES string of the molecule is FC(F)(F)SNSCCCSN1CCN(C2CCCCC2)CC1. The smallest absolute Gasteiger partial charge is 0.298 e. The van der Waals surface area contributed by atoms with Crippen LogP contribution >= 0.6 is 35.8 Å².